The van der Waals surface area contributed by atoms with Crippen LogP contribution in [0.1, 0.15) is 34.1 Å². The molecule has 0 spiro atoms. The predicted octanol–water partition coefficient (Wildman–Crippen LogP) is 0.710. The molecule has 1 aliphatic rings. The zero-order valence-corrected chi connectivity index (χ0v) is 12.5. The smallest absolute Gasteiger partial charge is 0.252 e. The fourth-order valence-corrected chi connectivity index (χ4v) is 3.66. The van der Waals surface area contributed by atoms with E-state index in [2.05, 4.69) is 17.6 Å². The Bertz CT molecular complexity index is 513. The van der Waals surface area contributed by atoms with Crippen molar-refractivity contribution in [1.82, 2.24) is 10.6 Å². The molecule has 110 valence electrons. The Morgan fingerprint density at radius 3 is 3.00 bits per heavy atom. The van der Waals surface area contributed by atoms with Crippen LogP contribution in [0.25, 0.3) is 0 Å². The number of rotatable bonds is 4. The molecule has 5 nitrogen and oxygen atoms in total. The van der Waals surface area contributed by atoms with Crippen molar-refractivity contribution in [2.45, 2.75) is 32.3 Å². The molecule has 20 heavy (non-hydrogen) atoms. The van der Waals surface area contributed by atoms with Gasteiger partial charge in [0.05, 0.1) is 12.1 Å². The highest BCUT2D eigenvalue weighted by atomic mass is 32.1. The van der Waals surface area contributed by atoms with Gasteiger partial charge < -0.3 is 15.7 Å². The Morgan fingerprint density at radius 2 is 2.30 bits per heavy atom. The molecule has 0 fully saturated rings. The number of hydrogen-bond donors (Lipinski definition) is 3. The van der Waals surface area contributed by atoms with E-state index < -0.39 is 12.0 Å². The van der Waals surface area contributed by atoms with E-state index in [1.807, 2.05) is 5.38 Å². The summed E-state index contributed by atoms with van der Waals surface area (Å²) >= 11 is 1.63. The van der Waals surface area contributed by atoms with Crippen molar-refractivity contribution >= 4 is 23.2 Å². The molecule has 0 bridgehead atoms. The number of hydrogen-bond acceptors (Lipinski definition) is 4. The third kappa shape index (κ3) is 3.19. The van der Waals surface area contributed by atoms with Gasteiger partial charge in [-0.2, -0.15) is 0 Å². The van der Waals surface area contributed by atoms with E-state index in [0.29, 0.717) is 11.5 Å². The van der Waals surface area contributed by atoms with Gasteiger partial charge in [-0.25, -0.2) is 0 Å². The van der Waals surface area contributed by atoms with E-state index in [-0.39, 0.29) is 12.5 Å². The van der Waals surface area contributed by atoms with E-state index in [9.17, 15) is 14.7 Å². The Balaban J connectivity index is 1.99. The minimum absolute atomic E-state index is 0.0699. The number of carbonyl (C=O) groups excluding carboxylic acids is 2. The minimum atomic E-state index is -1.21. The zero-order chi connectivity index (χ0) is 14.7. The normalized spacial score (nSPS) is 19.1. The Hall–Kier alpha value is -1.40. The average Bonchev–Trinajstić information content (AvgIpc) is 2.86. The third-order valence-electron chi connectivity index (χ3n) is 3.65. The largest absolute Gasteiger partial charge is 0.381 e. The fraction of sp³-hybridized carbons (Fsp3) is 0.571. The average molecular weight is 296 g/mol. The van der Waals surface area contributed by atoms with Gasteiger partial charge in [0.25, 0.3) is 5.91 Å². The van der Waals surface area contributed by atoms with Crippen molar-refractivity contribution in [2.75, 3.05) is 13.6 Å². The van der Waals surface area contributed by atoms with Gasteiger partial charge in [-0.1, -0.05) is 6.92 Å². The molecule has 0 aromatic carbocycles. The van der Waals surface area contributed by atoms with Crippen molar-refractivity contribution in [1.29, 1.82) is 0 Å². The van der Waals surface area contributed by atoms with Crippen molar-refractivity contribution < 1.29 is 14.7 Å². The van der Waals surface area contributed by atoms with Crippen LogP contribution < -0.4 is 10.6 Å². The summed E-state index contributed by atoms with van der Waals surface area (Å²) in [4.78, 5) is 24.6. The topological polar surface area (TPSA) is 78.4 Å². The molecule has 0 aliphatic heterocycles. The van der Waals surface area contributed by atoms with Crippen molar-refractivity contribution in [3.63, 3.8) is 0 Å². The molecule has 0 saturated heterocycles. The van der Waals surface area contributed by atoms with Gasteiger partial charge in [-0.05, 0) is 30.7 Å². The lowest BCUT2D eigenvalue weighted by atomic mass is 9.88. The lowest BCUT2D eigenvalue weighted by Crippen LogP contribution is -2.41. The standard InChI is InChI=1S/C14H20N2O3S/c1-8-3-4-9-10(7-20-12(9)5-8)13(18)16-6-11(17)14(19)15-2/h7-8,11,17H,3-6H2,1-2H3,(H,15,19)(H,16,18)/t8-,11+/m0/s1. The SMILES string of the molecule is CNC(=O)[C@H](O)CNC(=O)c1csc2c1CC[C@H](C)C2. The van der Waals surface area contributed by atoms with Crippen molar-refractivity contribution in [3.8, 4) is 0 Å². The molecule has 1 aromatic rings. The van der Waals surface area contributed by atoms with Crippen LogP contribution in [0.4, 0.5) is 0 Å². The van der Waals surface area contributed by atoms with Gasteiger partial charge in [-0.3, -0.25) is 9.59 Å². The molecular formula is C14H20N2O3S. The molecule has 0 unspecified atom stereocenters. The highest BCUT2D eigenvalue weighted by Crippen LogP contribution is 2.32. The van der Waals surface area contributed by atoms with Gasteiger partial charge in [0.15, 0.2) is 0 Å². The molecular weight excluding hydrogens is 276 g/mol. The van der Waals surface area contributed by atoms with E-state index in [4.69, 9.17) is 0 Å². The van der Waals surface area contributed by atoms with Crippen LogP contribution in [0, 0.1) is 5.92 Å². The highest BCUT2D eigenvalue weighted by molar-refractivity contribution is 7.10. The maximum Gasteiger partial charge on any atom is 0.252 e. The summed E-state index contributed by atoms with van der Waals surface area (Å²) in [6, 6.07) is 0. The molecule has 2 atom stereocenters. The van der Waals surface area contributed by atoms with Crippen LogP contribution >= 0.6 is 11.3 Å². The number of thiophene rings is 1. The molecule has 3 N–H and O–H groups in total. The first-order chi connectivity index (χ1) is 9.52. The van der Waals surface area contributed by atoms with Crippen LogP contribution in [0.5, 0.6) is 0 Å². The van der Waals surface area contributed by atoms with Gasteiger partial charge in [0.1, 0.15) is 6.10 Å². The van der Waals surface area contributed by atoms with E-state index in [1.54, 1.807) is 11.3 Å². The summed E-state index contributed by atoms with van der Waals surface area (Å²) in [6.07, 6.45) is 1.86. The summed E-state index contributed by atoms with van der Waals surface area (Å²) in [5, 5.41) is 16.4. The van der Waals surface area contributed by atoms with Gasteiger partial charge in [0, 0.05) is 17.3 Å². The number of aliphatic hydroxyl groups excluding tert-OH is 1. The number of carbonyl (C=O) groups is 2. The third-order valence-corrected chi connectivity index (χ3v) is 4.70. The van der Waals surface area contributed by atoms with Crippen LogP contribution in [0.15, 0.2) is 5.38 Å². The van der Waals surface area contributed by atoms with Gasteiger partial charge in [-0.15, -0.1) is 11.3 Å². The minimum Gasteiger partial charge on any atom is -0.381 e. The van der Waals surface area contributed by atoms with Crippen LogP contribution in [0.2, 0.25) is 0 Å². The second kappa shape index (κ2) is 6.37. The molecule has 1 aliphatic carbocycles. The van der Waals surface area contributed by atoms with E-state index in [0.717, 1.165) is 24.8 Å². The number of amides is 2. The first kappa shape index (κ1) is 15.0. The van der Waals surface area contributed by atoms with E-state index in [1.165, 1.54) is 11.9 Å². The number of fused-ring (bicyclic) bond motifs is 1. The lowest BCUT2D eigenvalue weighted by molar-refractivity contribution is -0.128. The maximum absolute atomic E-state index is 12.1. The molecule has 6 heteroatoms. The van der Waals surface area contributed by atoms with Crippen molar-refractivity contribution in [2.24, 2.45) is 5.92 Å². The predicted molar refractivity (Wildman–Crippen MR) is 77.9 cm³/mol. The molecule has 1 aromatic heterocycles. The quantitative estimate of drug-likeness (QED) is 0.765. The van der Waals surface area contributed by atoms with Crippen molar-refractivity contribution in [3.05, 3.63) is 21.4 Å². The van der Waals surface area contributed by atoms with Gasteiger partial charge >= 0.3 is 0 Å². The highest BCUT2D eigenvalue weighted by Gasteiger charge is 2.23. The Labute approximate surface area is 122 Å². The van der Waals surface area contributed by atoms with Crippen LogP contribution in [-0.4, -0.2) is 36.6 Å². The summed E-state index contributed by atoms with van der Waals surface area (Å²) in [5.74, 6) is -0.0291. The molecule has 2 rings (SSSR count). The number of likely N-dealkylation sites (N-methyl/N-ethyl adjacent to an activating group) is 1. The first-order valence-corrected chi connectivity index (χ1v) is 7.68. The van der Waals surface area contributed by atoms with Gasteiger partial charge in [0.2, 0.25) is 5.91 Å². The Kier molecular flexibility index (Phi) is 4.77. The maximum atomic E-state index is 12.1. The second-order valence-corrected chi connectivity index (χ2v) is 6.20. The molecule has 1 heterocycles. The number of nitrogens with one attached hydrogen (secondary N) is 2. The number of aliphatic hydroxyl groups is 1. The Morgan fingerprint density at radius 1 is 1.55 bits per heavy atom. The summed E-state index contributed by atoms with van der Waals surface area (Å²) in [6.45, 7) is 2.15. The summed E-state index contributed by atoms with van der Waals surface area (Å²) < 4.78 is 0. The monoisotopic (exact) mass is 296 g/mol. The summed E-state index contributed by atoms with van der Waals surface area (Å²) in [7, 11) is 1.45. The molecule has 0 radical (unpaired) electrons. The zero-order valence-electron chi connectivity index (χ0n) is 11.7. The molecule has 2 amide bonds. The molecule has 0 saturated carbocycles. The second-order valence-electron chi connectivity index (χ2n) is 5.24. The van der Waals surface area contributed by atoms with Crippen LogP contribution in [-0.2, 0) is 17.6 Å². The first-order valence-electron chi connectivity index (χ1n) is 6.80. The lowest BCUT2D eigenvalue weighted by Gasteiger charge is -2.19. The van der Waals surface area contributed by atoms with E-state index >= 15 is 0 Å². The fourth-order valence-electron chi connectivity index (χ4n) is 2.41. The van der Waals surface area contributed by atoms with Crippen LogP contribution in [0.3, 0.4) is 0 Å². The summed E-state index contributed by atoms with van der Waals surface area (Å²) in [5.41, 5.74) is 1.83.